The molecule has 8 nitrogen and oxygen atoms in total. The number of carbonyl (C=O) groups excluding carboxylic acids is 1. The van der Waals surface area contributed by atoms with E-state index < -0.39 is 17.2 Å². The van der Waals surface area contributed by atoms with Crippen molar-refractivity contribution in [1.82, 2.24) is 9.88 Å². The van der Waals surface area contributed by atoms with Crippen molar-refractivity contribution in [2.75, 3.05) is 24.3 Å². The summed E-state index contributed by atoms with van der Waals surface area (Å²) in [5.74, 6) is 0.418. The van der Waals surface area contributed by atoms with Crippen LogP contribution in [0.4, 0.5) is 10.5 Å². The summed E-state index contributed by atoms with van der Waals surface area (Å²) in [5, 5.41) is 13.8. The molecule has 34 heavy (non-hydrogen) atoms. The van der Waals surface area contributed by atoms with Crippen molar-refractivity contribution in [3.63, 3.8) is 0 Å². The Morgan fingerprint density at radius 3 is 2.76 bits per heavy atom. The van der Waals surface area contributed by atoms with E-state index in [1.54, 1.807) is 12.1 Å². The van der Waals surface area contributed by atoms with Crippen LogP contribution in [0.1, 0.15) is 43.2 Å². The molecule has 2 amide bonds. The topological polar surface area (TPSA) is 104 Å². The molecule has 1 saturated heterocycles. The van der Waals surface area contributed by atoms with Gasteiger partial charge in [-0.1, -0.05) is 35.5 Å². The molecule has 0 spiro atoms. The highest BCUT2D eigenvalue weighted by atomic mass is 35.5. The summed E-state index contributed by atoms with van der Waals surface area (Å²) in [5.41, 5.74) is 0.503. The van der Waals surface area contributed by atoms with Gasteiger partial charge in [-0.2, -0.15) is 0 Å². The van der Waals surface area contributed by atoms with Crippen LogP contribution in [0.5, 0.6) is 0 Å². The Labute approximate surface area is 207 Å². The van der Waals surface area contributed by atoms with Gasteiger partial charge in [-0.15, -0.1) is 0 Å². The number of amidine groups is 1. The Morgan fingerprint density at radius 1 is 1.29 bits per heavy atom. The minimum Gasteiger partial charge on any atom is -0.465 e. The molecule has 2 aliphatic rings. The van der Waals surface area contributed by atoms with Crippen molar-refractivity contribution in [2.24, 2.45) is 10.9 Å². The van der Waals surface area contributed by atoms with Crippen molar-refractivity contribution >= 4 is 46.2 Å². The van der Waals surface area contributed by atoms with Crippen molar-refractivity contribution in [1.29, 1.82) is 0 Å². The number of halogens is 1. The Balaban J connectivity index is 1.71. The van der Waals surface area contributed by atoms with Gasteiger partial charge in [-0.3, -0.25) is 9.69 Å². The van der Waals surface area contributed by atoms with Gasteiger partial charge >= 0.3 is 6.09 Å². The molecule has 0 radical (unpaired) electrons. The number of benzene rings is 1. The molecule has 1 fully saturated rings. The molecule has 2 atom stereocenters. The monoisotopic (exact) mass is 502 g/mol. The van der Waals surface area contributed by atoms with E-state index in [4.69, 9.17) is 21.3 Å². The molecular formula is C24H27ClN4O4S. The summed E-state index contributed by atoms with van der Waals surface area (Å²) in [6, 6.07) is 10.8. The van der Waals surface area contributed by atoms with Crippen LogP contribution in [0.2, 0.25) is 5.02 Å². The first-order valence-corrected chi connectivity index (χ1v) is 12.3. The molecule has 2 N–H and O–H groups in total. The van der Waals surface area contributed by atoms with E-state index in [9.17, 15) is 14.7 Å². The zero-order valence-corrected chi connectivity index (χ0v) is 20.8. The number of amides is 2. The summed E-state index contributed by atoms with van der Waals surface area (Å²) in [7, 11) is 0. The maximum absolute atomic E-state index is 12.7. The van der Waals surface area contributed by atoms with Gasteiger partial charge in [0, 0.05) is 42.1 Å². The second kappa shape index (κ2) is 9.56. The number of ether oxygens (including phenoxy) is 1. The number of carbonyl (C=O) groups is 2. The number of nitrogens with zero attached hydrogens (tertiary/aromatic N) is 3. The van der Waals surface area contributed by atoms with E-state index in [2.05, 4.69) is 10.3 Å². The van der Waals surface area contributed by atoms with E-state index in [1.165, 1.54) is 22.9 Å². The third-order valence-electron chi connectivity index (χ3n) is 5.96. The molecule has 10 heteroatoms. The van der Waals surface area contributed by atoms with Crippen molar-refractivity contribution in [3.05, 3.63) is 58.9 Å². The zero-order chi connectivity index (χ0) is 24.5. The van der Waals surface area contributed by atoms with Crippen LogP contribution >= 0.6 is 23.4 Å². The highest BCUT2D eigenvalue weighted by molar-refractivity contribution is 8.13. The molecule has 0 bridgehead atoms. The Kier molecular flexibility index (Phi) is 6.89. The standard InChI is InChI=1S/C24H27ClN4O4S/c1-23(2,3)29(22(31)32)21-28-24(9-10-33-13-16(24)14-34-21)15-5-4-6-18(11-15)27-20(30)19-8-7-17(25)12-26-19/h4-8,11-12,16H,9-10,13-14H2,1-3H3,(H,27,30)(H,31,32)/t16?,24-/m1/s1. The molecule has 0 aliphatic carbocycles. The van der Waals surface area contributed by atoms with Gasteiger partial charge in [0.25, 0.3) is 5.91 Å². The second-order valence-electron chi connectivity index (χ2n) is 9.34. The quantitative estimate of drug-likeness (QED) is 0.605. The lowest BCUT2D eigenvalue weighted by Gasteiger charge is -2.46. The average molecular weight is 503 g/mol. The lowest BCUT2D eigenvalue weighted by atomic mass is 9.75. The maximum Gasteiger partial charge on any atom is 0.413 e. The third kappa shape index (κ3) is 4.92. The van der Waals surface area contributed by atoms with Crippen molar-refractivity contribution < 1.29 is 19.4 Å². The van der Waals surface area contributed by atoms with E-state index >= 15 is 0 Å². The van der Waals surface area contributed by atoms with Gasteiger partial charge in [-0.05, 0) is 50.6 Å². The van der Waals surface area contributed by atoms with Crippen LogP contribution in [-0.4, -0.2) is 56.7 Å². The molecule has 180 valence electrons. The summed E-state index contributed by atoms with van der Waals surface area (Å²) in [4.78, 5) is 35.3. The fourth-order valence-electron chi connectivity index (χ4n) is 4.29. The highest BCUT2D eigenvalue weighted by Crippen LogP contribution is 2.47. The average Bonchev–Trinajstić information content (AvgIpc) is 2.78. The number of carboxylic acid groups (broad SMARTS) is 1. The Hall–Kier alpha value is -2.62. The van der Waals surface area contributed by atoms with Gasteiger partial charge in [0.1, 0.15) is 5.69 Å². The van der Waals surface area contributed by atoms with Crippen LogP contribution in [0.25, 0.3) is 0 Å². The van der Waals surface area contributed by atoms with Gasteiger partial charge < -0.3 is 15.2 Å². The van der Waals surface area contributed by atoms with Crippen LogP contribution in [-0.2, 0) is 10.3 Å². The second-order valence-corrected chi connectivity index (χ2v) is 10.8. The first-order valence-electron chi connectivity index (χ1n) is 11.0. The number of pyridine rings is 1. The van der Waals surface area contributed by atoms with E-state index in [-0.39, 0.29) is 17.5 Å². The fourth-order valence-corrected chi connectivity index (χ4v) is 5.84. The molecule has 2 aliphatic heterocycles. The smallest absolute Gasteiger partial charge is 0.413 e. The molecule has 1 aromatic carbocycles. The minimum atomic E-state index is -1.03. The molecule has 1 aromatic heterocycles. The molecule has 2 aromatic rings. The number of hydrogen-bond donors (Lipinski definition) is 2. The number of anilines is 1. The minimum absolute atomic E-state index is 0.0782. The van der Waals surface area contributed by atoms with Crippen LogP contribution in [0.15, 0.2) is 47.6 Å². The van der Waals surface area contributed by atoms with Crippen molar-refractivity contribution in [2.45, 2.75) is 38.3 Å². The number of fused-ring (bicyclic) bond motifs is 1. The Bertz CT molecular complexity index is 1120. The molecule has 1 unspecified atom stereocenters. The van der Waals surface area contributed by atoms with Crippen LogP contribution in [0.3, 0.4) is 0 Å². The number of aromatic nitrogens is 1. The van der Waals surface area contributed by atoms with Crippen LogP contribution in [0, 0.1) is 5.92 Å². The summed E-state index contributed by atoms with van der Waals surface area (Å²) in [6.45, 7) is 6.62. The van der Waals surface area contributed by atoms with E-state index in [1.807, 2.05) is 45.0 Å². The SMILES string of the molecule is CC(C)(C)N(C(=O)O)C1=N[C@@]2(c3cccc(NC(=O)c4ccc(Cl)cn4)c3)CCOCC2CS1. The summed E-state index contributed by atoms with van der Waals surface area (Å²) >= 11 is 7.32. The highest BCUT2D eigenvalue weighted by Gasteiger charge is 2.48. The molecule has 4 rings (SSSR count). The zero-order valence-electron chi connectivity index (χ0n) is 19.2. The summed E-state index contributed by atoms with van der Waals surface area (Å²) in [6.07, 6.45) is 1.02. The third-order valence-corrected chi connectivity index (χ3v) is 7.29. The first-order chi connectivity index (χ1) is 16.1. The lowest BCUT2D eigenvalue weighted by Crippen LogP contribution is -2.53. The largest absolute Gasteiger partial charge is 0.465 e. The van der Waals surface area contributed by atoms with E-state index in [0.717, 1.165) is 5.56 Å². The number of hydrogen-bond acceptors (Lipinski definition) is 6. The van der Waals surface area contributed by atoms with Gasteiger partial charge in [0.15, 0.2) is 5.17 Å². The molecule has 3 heterocycles. The van der Waals surface area contributed by atoms with E-state index in [0.29, 0.717) is 41.3 Å². The number of aliphatic imine (C=N–C) groups is 1. The number of rotatable bonds is 3. The lowest BCUT2D eigenvalue weighted by molar-refractivity contribution is 0.00933. The molecule has 0 saturated carbocycles. The van der Waals surface area contributed by atoms with Crippen molar-refractivity contribution in [3.8, 4) is 0 Å². The summed E-state index contributed by atoms with van der Waals surface area (Å²) < 4.78 is 5.76. The van der Waals surface area contributed by atoms with Gasteiger partial charge in [0.2, 0.25) is 0 Å². The molecular weight excluding hydrogens is 476 g/mol. The number of thioether (sulfide) groups is 1. The van der Waals surface area contributed by atoms with Crippen LogP contribution < -0.4 is 5.32 Å². The normalized spacial score (nSPS) is 22.4. The first kappa shape index (κ1) is 24.5. The predicted molar refractivity (Wildman–Crippen MR) is 134 cm³/mol. The Morgan fingerprint density at radius 2 is 2.09 bits per heavy atom. The number of nitrogens with one attached hydrogen (secondary N) is 1. The maximum atomic E-state index is 12.7. The predicted octanol–water partition coefficient (Wildman–Crippen LogP) is 5.10. The van der Waals surface area contributed by atoms with Gasteiger partial charge in [-0.25, -0.2) is 14.8 Å². The fraction of sp³-hybridized carbons (Fsp3) is 0.417. The van der Waals surface area contributed by atoms with Gasteiger partial charge in [0.05, 0.1) is 17.2 Å².